The molecule has 0 spiro atoms. The quantitative estimate of drug-likeness (QED) is 0.680. The van der Waals surface area contributed by atoms with Crippen molar-refractivity contribution in [3.05, 3.63) is 65.2 Å². The molecule has 20 heavy (non-hydrogen) atoms. The number of benzene rings is 2. The molecule has 2 N–H and O–H groups in total. The number of carbonyl (C=O) groups is 1. The summed E-state index contributed by atoms with van der Waals surface area (Å²) >= 11 is 0. The van der Waals surface area contributed by atoms with Gasteiger partial charge in [0, 0.05) is 18.1 Å². The van der Waals surface area contributed by atoms with Gasteiger partial charge >= 0.3 is 0 Å². The molecule has 0 aliphatic heterocycles. The number of Topliss-reactive ketones (excluding diaryl/α,β-unsaturated/α-hetero) is 1. The number of hydrogen-bond acceptors (Lipinski definition) is 2. The Kier molecular flexibility index (Phi) is 5.84. The van der Waals surface area contributed by atoms with Crippen molar-refractivity contribution in [2.75, 3.05) is 5.73 Å². The Hall–Kier alpha value is -2.23. The number of carbonyl (C=O) groups excluding carboxylic acids is 1. The molecular formula is C16H17F2NO. The average Bonchev–Trinajstić information content (AvgIpc) is 2.47. The smallest absolute Gasteiger partial charge is 0.167 e. The standard InChI is InChI=1S/C14H11F2NO.C2H6/c15-11-8-12(16)13(17)6-10(11)7-14(18)9-4-2-1-3-5-9;1-2/h1-6,8H,7,17H2;1-2H3. The molecule has 0 radical (unpaired) electrons. The van der Waals surface area contributed by atoms with Gasteiger partial charge < -0.3 is 5.73 Å². The van der Waals surface area contributed by atoms with Crippen molar-refractivity contribution in [2.24, 2.45) is 0 Å². The van der Waals surface area contributed by atoms with Crippen LogP contribution in [0.2, 0.25) is 0 Å². The Balaban J connectivity index is 0.000000956. The molecule has 0 saturated heterocycles. The second-order valence-corrected chi connectivity index (χ2v) is 3.93. The highest BCUT2D eigenvalue weighted by Crippen LogP contribution is 2.18. The lowest BCUT2D eigenvalue weighted by molar-refractivity contribution is 0.0992. The molecule has 0 aliphatic carbocycles. The van der Waals surface area contributed by atoms with E-state index in [0.717, 1.165) is 6.07 Å². The van der Waals surface area contributed by atoms with Crippen molar-refractivity contribution in [3.8, 4) is 0 Å². The number of anilines is 1. The Morgan fingerprint density at radius 1 is 1.05 bits per heavy atom. The fourth-order valence-corrected chi connectivity index (χ4v) is 1.65. The number of hydrogen-bond donors (Lipinski definition) is 1. The maximum absolute atomic E-state index is 13.5. The third-order valence-corrected chi connectivity index (χ3v) is 2.61. The highest BCUT2D eigenvalue weighted by Gasteiger charge is 2.12. The third-order valence-electron chi connectivity index (χ3n) is 2.61. The lowest BCUT2D eigenvalue weighted by Gasteiger charge is -2.05. The van der Waals surface area contributed by atoms with Gasteiger partial charge in [0.2, 0.25) is 0 Å². The van der Waals surface area contributed by atoms with Gasteiger partial charge in [0.15, 0.2) is 5.78 Å². The molecule has 2 nitrogen and oxygen atoms in total. The van der Waals surface area contributed by atoms with Gasteiger partial charge in [0.1, 0.15) is 11.6 Å². The SMILES string of the molecule is CC.Nc1cc(CC(=O)c2ccccc2)c(F)cc1F. The molecule has 4 heteroatoms. The molecule has 0 atom stereocenters. The molecule has 106 valence electrons. The minimum absolute atomic E-state index is 0.0998. The zero-order valence-electron chi connectivity index (χ0n) is 11.5. The van der Waals surface area contributed by atoms with Crippen LogP contribution in [0.25, 0.3) is 0 Å². The predicted molar refractivity (Wildman–Crippen MR) is 76.6 cm³/mol. The Morgan fingerprint density at radius 2 is 1.65 bits per heavy atom. The third kappa shape index (κ3) is 3.88. The number of ketones is 1. The van der Waals surface area contributed by atoms with E-state index in [4.69, 9.17) is 5.73 Å². The molecule has 2 aromatic rings. The first-order valence-electron chi connectivity index (χ1n) is 6.39. The zero-order valence-corrected chi connectivity index (χ0v) is 11.5. The molecule has 0 aromatic heterocycles. The van der Waals surface area contributed by atoms with Crippen LogP contribution in [0.15, 0.2) is 42.5 Å². The van der Waals surface area contributed by atoms with Crippen molar-refractivity contribution in [3.63, 3.8) is 0 Å². The Morgan fingerprint density at radius 3 is 2.25 bits per heavy atom. The maximum Gasteiger partial charge on any atom is 0.167 e. The fraction of sp³-hybridized carbons (Fsp3) is 0.188. The van der Waals surface area contributed by atoms with Gasteiger partial charge in [-0.25, -0.2) is 8.78 Å². The van der Waals surface area contributed by atoms with Crippen LogP contribution in [0.3, 0.4) is 0 Å². The fourth-order valence-electron chi connectivity index (χ4n) is 1.65. The second-order valence-electron chi connectivity index (χ2n) is 3.93. The summed E-state index contributed by atoms with van der Waals surface area (Å²) in [6.45, 7) is 4.00. The van der Waals surface area contributed by atoms with Gasteiger partial charge in [-0.2, -0.15) is 0 Å². The summed E-state index contributed by atoms with van der Waals surface area (Å²) in [6, 6.07) is 10.4. The van der Waals surface area contributed by atoms with Crippen LogP contribution in [-0.2, 0) is 6.42 Å². The van der Waals surface area contributed by atoms with E-state index < -0.39 is 11.6 Å². The predicted octanol–water partition coefficient (Wildman–Crippen LogP) is 4.00. The molecule has 2 aromatic carbocycles. The minimum atomic E-state index is -0.816. The average molecular weight is 277 g/mol. The van der Waals surface area contributed by atoms with Crippen LogP contribution in [0, 0.1) is 11.6 Å². The maximum atomic E-state index is 13.5. The van der Waals surface area contributed by atoms with Crippen molar-refractivity contribution < 1.29 is 13.6 Å². The van der Waals surface area contributed by atoms with E-state index in [1.165, 1.54) is 0 Å². The molecule has 0 saturated carbocycles. The van der Waals surface area contributed by atoms with E-state index >= 15 is 0 Å². The van der Waals surface area contributed by atoms with Crippen LogP contribution in [0.4, 0.5) is 14.5 Å². The summed E-state index contributed by atoms with van der Waals surface area (Å²) in [5.41, 5.74) is 5.78. The topological polar surface area (TPSA) is 43.1 Å². The van der Waals surface area contributed by atoms with Crippen molar-refractivity contribution in [1.82, 2.24) is 0 Å². The van der Waals surface area contributed by atoms with Gasteiger partial charge in [-0.15, -0.1) is 0 Å². The summed E-state index contributed by atoms with van der Waals surface area (Å²) in [6.07, 6.45) is -0.139. The number of rotatable bonds is 3. The van der Waals surface area contributed by atoms with Crippen LogP contribution in [0.1, 0.15) is 29.8 Å². The molecule has 0 amide bonds. The molecule has 2 rings (SSSR count). The van der Waals surface area contributed by atoms with Crippen molar-refractivity contribution in [1.29, 1.82) is 0 Å². The van der Waals surface area contributed by atoms with Crippen molar-refractivity contribution in [2.45, 2.75) is 20.3 Å². The largest absolute Gasteiger partial charge is 0.396 e. The van der Waals surface area contributed by atoms with E-state index in [2.05, 4.69) is 0 Å². The molecule has 0 aliphatic rings. The molecule has 0 fully saturated rings. The van der Waals surface area contributed by atoms with Gasteiger partial charge in [0.25, 0.3) is 0 Å². The molecule has 0 bridgehead atoms. The van der Waals surface area contributed by atoms with E-state index in [1.54, 1.807) is 30.3 Å². The van der Waals surface area contributed by atoms with E-state index in [0.29, 0.717) is 11.6 Å². The number of nitrogen functional groups attached to an aromatic ring is 1. The molecule has 0 unspecified atom stereocenters. The number of halogens is 2. The molecular weight excluding hydrogens is 260 g/mol. The number of nitrogens with two attached hydrogens (primary N) is 1. The zero-order chi connectivity index (χ0) is 15.1. The first kappa shape index (κ1) is 15.8. The lowest BCUT2D eigenvalue weighted by Crippen LogP contribution is -2.06. The Bertz CT molecular complexity index is 583. The van der Waals surface area contributed by atoms with Gasteiger partial charge in [0.05, 0.1) is 5.69 Å². The summed E-state index contributed by atoms with van der Waals surface area (Å²) in [5, 5.41) is 0. The van der Waals surface area contributed by atoms with Crippen LogP contribution in [0.5, 0.6) is 0 Å². The highest BCUT2D eigenvalue weighted by molar-refractivity contribution is 5.97. The van der Waals surface area contributed by atoms with Crippen LogP contribution >= 0.6 is 0 Å². The van der Waals surface area contributed by atoms with Crippen LogP contribution < -0.4 is 5.73 Å². The van der Waals surface area contributed by atoms with Crippen LogP contribution in [-0.4, -0.2) is 5.78 Å². The molecule has 0 heterocycles. The summed E-state index contributed by atoms with van der Waals surface area (Å²) < 4.78 is 26.4. The van der Waals surface area contributed by atoms with Gasteiger partial charge in [-0.1, -0.05) is 44.2 Å². The normalized spacial score (nSPS) is 9.60. The van der Waals surface area contributed by atoms with Gasteiger partial charge in [-0.05, 0) is 11.6 Å². The lowest BCUT2D eigenvalue weighted by atomic mass is 10.0. The van der Waals surface area contributed by atoms with Crippen molar-refractivity contribution >= 4 is 11.5 Å². The van der Waals surface area contributed by atoms with E-state index in [-0.39, 0.29) is 23.5 Å². The first-order chi connectivity index (χ1) is 9.58. The Labute approximate surface area is 117 Å². The van der Waals surface area contributed by atoms with E-state index in [1.807, 2.05) is 13.8 Å². The summed E-state index contributed by atoms with van der Waals surface area (Å²) in [5.74, 6) is -1.81. The second kappa shape index (κ2) is 7.38. The minimum Gasteiger partial charge on any atom is -0.396 e. The summed E-state index contributed by atoms with van der Waals surface area (Å²) in [7, 11) is 0. The van der Waals surface area contributed by atoms with E-state index in [9.17, 15) is 13.6 Å². The monoisotopic (exact) mass is 277 g/mol. The van der Waals surface area contributed by atoms with Gasteiger partial charge in [-0.3, -0.25) is 4.79 Å². The first-order valence-corrected chi connectivity index (χ1v) is 6.39. The highest BCUT2D eigenvalue weighted by atomic mass is 19.1. The summed E-state index contributed by atoms with van der Waals surface area (Å²) in [4.78, 5) is 11.9.